The zero-order valence-electron chi connectivity index (χ0n) is 14.9. The second kappa shape index (κ2) is 8.21. The smallest absolute Gasteiger partial charge is 0.264 e. The molecule has 0 radical (unpaired) electrons. The first-order valence-corrected chi connectivity index (χ1v) is 8.86. The van der Waals surface area contributed by atoms with Crippen molar-refractivity contribution in [3.63, 3.8) is 0 Å². The Hall–Kier alpha value is -2.27. The van der Waals surface area contributed by atoms with Crippen LogP contribution in [-0.4, -0.2) is 48.0 Å². The number of furan rings is 1. The van der Waals surface area contributed by atoms with E-state index >= 15 is 0 Å². The summed E-state index contributed by atoms with van der Waals surface area (Å²) < 4.78 is 11.3. The van der Waals surface area contributed by atoms with Gasteiger partial charge in [-0.15, -0.1) is 0 Å². The normalized spacial score (nSPS) is 17.2. The van der Waals surface area contributed by atoms with Gasteiger partial charge in [0.05, 0.1) is 12.8 Å². The van der Waals surface area contributed by atoms with Gasteiger partial charge in [-0.2, -0.15) is 0 Å². The van der Waals surface area contributed by atoms with Gasteiger partial charge in [-0.25, -0.2) is 0 Å². The van der Waals surface area contributed by atoms with Crippen LogP contribution in [0.3, 0.4) is 0 Å². The summed E-state index contributed by atoms with van der Waals surface area (Å²) in [4.78, 5) is 17.3. The number of hydrogen-bond acceptors (Lipinski definition) is 4. The summed E-state index contributed by atoms with van der Waals surface area (Å²) in [6, 6.07) is 13.5. The minimum Gasteiger partial charge on any atom is -0.481 e. The topological polar surface area (TPSA) is 45.9 Å². The summed E-state index contributed by atoms with van der Waals surface area (Å²) in [6.45, 7) is 4.31. The van der Waals surface area contributed by atoms with E-state index in [2.05, 4.69) is 11.9 Å². The average molecular weight is 342 g/mol. The van der Waals surface area contributed by atoms with E-state index in [4.69, 9.17) is 9.15 Å². The van der Waals surface area contributed by atoms with E-state index in [9.17, 15) is 4.79 Å². The minimum absolute atomic E-state index is 0.00908. The first-order valence-electron chi connectivity index (χ1n) is 8.86. The van der Waals surface area contributed by atoms with Crippen LogP contribution in [0.15, 0.2) is 53.1 Å². The Bertz CT molecular complexity index is 649. The molecule has 0 spiro atoms. The summed E-state index contributed by atoms with van der Waals surface area (Å²) >= 11 is 0. The molecule has 1 unspecified atom stereocenters. The summed E-state index contributed by atoms with van der Waals surface area (Å²) in [6.07, 6.45) is 3.07. The zero-order chi connectivity index (χ0) is 17.6. The fourth-order valence-corrected chi connectivity index (χ4v) is 3.25. The maximum Gasteiger partial charge on any atom is 0.264 e. The maximum atomic E-state index is 13.1. The zero-order valence-corrected chi connectivity index (χ0v) is 14.9. The monoisotopic (exact) mass is 342 g/mol. The van der Waals surface area contributed by atoms with Crippen molar-refractivity contribution in [3.05, 3.63) is 54.5 Å². The lowest BCUT2D eigenvalue weighted by Gasteiger charge is -2.38. The van der Waals surface area contributed by atoms with Gasteiger partial charge >= 0.3 is 0 Å². The quantitative estimate of drug-likeness (QED) is 0.809. The molecule has 1 fully saturated rings. The standard InChI is InChI=1S/C20H26N2O3/c1-16(25-18-7-4-3-5-8-18)20(23)22(15-19-9-6-14-24-19)17-10-12-21(2)13-11-17/h3-9,14,16-17H,10-13,15H2,1-2H3. The lowest BCUT2D eigenvalue weighted by molar-refractivity contribution is -0.142. The Morgan fingerprint density at radius 1 is 1.24 bits per heavy atom. The van der Waals surface area contributed by atoms with Crippen molar-refractivity contribution in [2.75, 3.05) is 20.1 Å². The van der Waals surface area contributed by atoms with Gasteiger partial charge in [0.25, 0.3) is 5.91 Å². The molecule has 1 aromatic carbocycles. The molecular weight excluding hydrogens is 316 g/mol. The Balaban J connectivity index is 1.71. The molecule has 0 aliphatic carbocycles. The summed E-state index contributed by atoms with van der Waals surface area (Å²) in [5, 5.41) is 0. The number of para-hydroxylation sites is 1. The average Bonchev–Trinajstić information content (AvgIpc) is 3.14. The van der Waals surface area contributed by atoms with Gasteiger partial charge in [0.15, 0.2) is 6.10 Å². The molecule has 0 bridgehead atoms. The molecule has 1 amide bonds. The largest absolute Gasteiger partial charge is 0.481 e. The fraction of sp³-hybridized carbons (Fsp3) is 0.450. The van der Waals surface area contributed by atoms with Crippen LogP contribution in [0.1, 0.15) is 25.5 Å². The molecule has 3 rings (SSSR count). The van der Waals surface area contributed by atoms with Gasteiger partial charge in [0.1, 0.15) is 11.5 Å². The molecular formula is C20H26N2O3. The van der Waals surface area contributed by atoms with Gasteiger partial charge in [0.2, 0.25) is 0 Å². The van der Waals surface area contributed by atoms with E-state index in [1.165, 1.54) is 0 Å². The third-order valence-electron chi connectivity index (χ3n) is 4.72. The van der Waals surface area contributed by atoms with Crippen LogP contribution in [-0.2, 0) is 11.3 Å². The third-order valence-corrected chi connectivity index (χ3v) is 4.72. The Labute approximate surface area is 149 Å². The fourth-order valence-electron chi connectivity index (χ4n) is 3.25. The molecule has 1 atom stereocenters. The SMILES string of the molecule is CC(Oc1ccccc1)C(=O)N(Cc1ccco1)C1CCN(C)CC1. The van der Waals surface area contributed by atoms with Crippen molar-refractivity contribution in [1.29, 1.82) is 0 Å². The number of hydrogen-bond donors (Lipinski definition) is 0. The van der Waals surface area contributed by atoms with Crippen LogP contribution in [0.2, 0.25) is 0 Å². The van der Waals surface area contributed by atoms with Gasteiger partial charge in [0, 0.05) is 6.04 Å². The van der Waals surface area contributed by atoms with Gasteiger partial charge in [-0.3, -0.25) is 4.79 Å². The van der Waals surface area contributed by atoms with Crippen molar-refractivity contribution < 1.29 is 13.9 Å². The Morgan fingerprint density at radius 3 is 2.60 bits per heavy atom. The number of likely N-dealkylation sites (tertiary alicyclic amines) is 1. The maximum absolute atomic E-state index is 13.1. The molecule has 0 saturated carbocycles. The predicted octanol–water partition coefficient (Wildman–Crippen LogP) is 3.17. The van der Waals surface area contributed by atoms with E-state index in [1.54, 1.807) is 6.26 Å². The Morgan fingerprint density at radius 2 is 1.96 bits per heavy atom. The highest BCUT2D eigenvalue weighted by atomic mass is 16.5. The number of benzene rings is 1. The lowest BCUT2D eigenvalue weighted by Crippen LogP contribution is -2.49. The number of amides is 1. The second-order valence-corrected chi connectivity index (χ2v) is 6.65. The number of piperidine rings is 1. The second-order valence-electron chi connectivity index (χ2n) is 6.65. The van der Waals surface area contributed by atoms with Crippen molar-refractivity contribution in [2.45, 2.75) is 38.5 Å². The molecule has 1 saturated heterocycles. The van der Waals surface area contributed by atoms with Crippen molar-refractivity contribution in [1.82, 2.24) is 9.80 Å². The van der Waals surface area contributed by atoms with Gasteiger partial charge in [-0.1, -0.05) is 18.2 Å². The highest BCUT2D eigenvalue weighted by Crippen LogP contribution is 2.21. The molecule has 134 valence electrons. The van der Waals surface area contributed by atoms with Gasteiger partial charge < -0.3 is 19.0 Å². The lowest BCUT2D eigenvalue weighted by atomic mass is 10.0. The molecule has 2 aromatic rings. The number of nitrogens with zero attached hydrogens (tertiary/aromatic N) is 2. The molecule has 0 N–H and O–H groups in total. The molecule has 5 nitrogen and oxygen atoms in total. The predicted molar refractivity (Wildman–Crippen MR) is 96.3 cm³/mol. The summed E-state index contributed by atoms with van der Waals surface area (Å²) in [7, 11) is 2.12. The number of carbonyl (C=O) groups is 1. The molecule has 2 heterocycles. The van der Waals surface area contributed by atoms with Crippen LogP contribution in [0, 0.1) is 0 Å². The number of carbonyl (C=O) groups excluding carboxylic acids is 1. The summed E-state index contributed by atoms with van der Waals surface area (Å²) in [5.74, 6) is 1.53. The number of ether oxygens (including phenoxy) is 1. The van der Waals surface area contributed by atoms with Crippen LogP contribution < -0.4 is 4.74 Å². The van der Waals surface area contributed by atoms with Crippen LogP contribution in [0.25, 0.3) is 0 Å². The van der Waals surface area contributed by atoms with E-state index < -0.39 is 6.10 Å². The molecule has 1 aliphatic rings. The van der Waals surface area contributed by atoms with Crippen molar-refractivity contribution in [2.24, 2.45) is 0 Å². The highest BCUT2D eigenvalue weighted by molar-refractivity contribution is 5.81. The Kier molecular flexibility index (Phi) is 5.76. The first kappa shape index (κ1) is 17.5. The van der Waals surface area contributed by atoms with Crippen LogP contribution >= 0.6 is 0 Å². The van der Waals surface area contributed by atoms with E-state index in [0.717, 1.165) is 31.7 Å². The highest BCUT2D eigenvalue weighted by Gasteiger charge is 2.31. The van der Waals surface area contributed by atoms with Gasteiger partial charge in [-0.05, 0) is 64.2 Å². The van der Waals surface area contributed by atoms with Crippen molar-refractivity contribution >= 4 is 5.91 Å². The summed E-state index contributed by atoms with van der Waals surface area (Å²) in [5.41, 5.74) is 0. The minimum atomic E-state index is -0.531. The molecule has 25 heavy (non-hydrogen) atoms. The molecule has 1 aliphatic heterocycles. The van der Waals surface area contributed by atoms with Crippen LogP contribution in [0.5, 0.6) is 5.75 Å². The van der Waals surface area contributed by atoms with Crippen LogP contribution in [0.4, 0.5) is 0 Å². The molecule has 5 heteroatoms. The molecule has 1 aromatic heterocycles. The third kappa shape index (κ3) is 4.63. The van der Waals surface area contributed by atoms with E-state index in [1.807, 2.05) is 54.3 Å². The van der Waals surface area contributed by atoms with E-state index in [-0.39, 0.29) is 11.9 Å². The van der Waals surface area contributed by atoms with Crippen molar-refractivity contribution in [3.8, 4) is 5.75 Å². The number of rotatable bonds is 6. The first-order chi connectivity index (χ1) is 12.1. The van der Waals surface area contributed by atoms with E-state index in [0.29, 0.717) is 12.3 Å².